The lowest BCUT2D eigenvalue weighted by Crippen LogP contribution is -2.46. The zero-order valence-electron chi connectivity index (χ0n) is 9.54. The largest absolute Gasteiger partial charge is 0.348 e. The van der Waals surface area contributed by atoms with E-state index in [0.717, 1.165) is 0 Å². The average Bonchev–Trinajstić information content (AvgIpc) is 2.70. The quantitative estimate of drug-likeness (QED) is 0.526. The molecule has 0 saturated carbocycles. The number of hydrogen-bond donors (Lipinski definition) is 0. The van der Waals surface area contributed by atoms with E-state index in [4.69, 9.17) is 9.47 Å². The van der Waals surface area contributed by atoms with E-state index in [1.54, 1.807) is 13.8 Å². The molecule has 7 nitrogen and oxygen atoms in total. The van der Waals surface area contributed by atoms with Gasteiger partial charge in [0.15, 0.2) is 5.79 Å². The van der Waals surface area contributed by atoms with Gasteiger partial charge in [0.05, 0.1) is 24.2 Å². The minimum atomic E-state index is -1.38. The van der Waals surface area contributed by atoms with E-state index in [0.29, 0.717) is 13.2 Å². The van der Waals surface area contributed by atoms with Gasteiger partial charge in [-0.2, -0.15) is 5.11 Å². The van der Waals surface area contributed by atoms with Gasteiger partial charge in [0.1, 0.15) is 5.92 Å². The van der Waals surface area contributed by atoms with Crippen LogP contribution in [0, 0.1) is 16.0 Å². The molecule has 0 aromatic heterocycles. The Morgan fingerprint density at radius 1 is 1.44 bits per heavy atom. The van der Waals surface area contributed by atoms with Crippen LogP contribution in [0.15, 0.2) is 10.2 Å². The normalized spacial score (nSPS) is 41.4. The maximum absolute atomic E-state index is 11.0. The van der Waals surface area contributed by atoms with E-state index in [-0.39, 0.29) is 12.0 Å². The molecule has 2 heterocycles. The van der Waals surface area contributed by atoms with Crippen LogP contribution in [0.2, 0.25) is 0 Å². The lowest BCUT2D eigenvalue weighted by molar-refractivity contribution is -0.574. The number of azo groups is 1. The lowest BCUT2D eigenvalue weighted by Gasteiger charge is -2.24. The van der Waals surface area contributed by atoms with Gasteiger partial charge in [0.25, 0.3) is 0 Å². The van der Waals surface area contributed by atoms with Crippen molar-refractivity contribution in [3.05, 3.63) is 10.1 Å². The highest BCUT2D eigenvalue weighted by molar-refractivity contribution is 4.93. The third kappa shape index (κ3) is 1.69. The van der Waals surface area contributed by atoms with E-state index >= 15 is 0 Å². The topological polar surface area (TPSA) is 86.3 Å². The van der Waals surface area contributed by atoms with E-state index < -0.39 is 16.4 Å². The van der Waals surface area contributed by atoms with Crippen LogP contribution >= 0.6 is 0 Å². The molecule has 2 rings (SSSR count). The Morgan fingerprint density at radius 3 is 2.62 bits per heavy atom. The molecule has 3 atom stereocenters. The molecule has 0 aromatic carbocycles. The van der Waals surface area contributed by atoms with Gasteiger partial charge in [-0.15, -0.1) is 5.11 Å². The van der Waals surface area contributed by atoms with Crippen LogP contribution in [-0.2, 0) is 9.47 Å². The maximum atomic E-state index is 11.0. The molecule has 0 N–H and O–H groups in total. The third-order valence-electron chi connectivity index (χ3n) is 3.10. The SMILES string of the molecule is CC1(C)OC[C@H]([C@@H]2CN=N[C@]2(C)[N+](=O)[O-])O1. The van der Waals surface area contributed by atoms with Gasteiger partial charge in [0, 0.05) is 6.92 Å². The minimum Gasteiger partial charge on any atom is -0.348 e. The first-order valence-electron chi connectivity index (χ1n) is 5.20. The summed E-state index contributed by atoms with van der Waals surface area (Å²) in [5.41, 5.74) is -1.38. The first-order valence-corrected chi connectivity index (χ1v) is 5.20. The van der Waals surface area contributed by atoms with Crippen molar-refractivity contribution in [1.29, 1.82) is 0 Å². The molecule has 0 bridgehead atoms. The van der Waals surface area contributed by atoms with Gasteiger partial charge in [0.2, 0.25) is 0 Å². The zero-order chi connectivity index (χ0) is 12.0. The summed E-state index contributed by atoms with van der Waals surface area (Å²) in [4.78, 5) is 10.6. The van der Waals surface area contributed by atoms with Crippen molar-refractivity contribution < 1.29 is 14.4 Å². The fourth-order valence-electron chi connectivity index (χ4n) is 2.07. The highest BCUT2D eigenvalue weighted by Gasteiger charge is 2.56. The second-order valence-electron chi connectivity index (χ2n) is 4.75. The van der Waals surface area contributed by atoms with Crippen LogP contribution in [0.5, 0.6) is 0 Å². The van der Waals surface area contributed by atoms with Gasteiger partial charge in [-0.1, -0.05) is 0 Å². The maximum Gasteiger partial charge on any atom is 0.333 e. The number of nitro groups is 1. The number of rotatable bonds is 2. The summed E-state index contributed by atoms with van der Waals surface area (Å²) >= 11 is 0. The summed E-state index contributed by atoms with van der Waals surface area (Å²) in [6.07, 6.45) is -0.319. The van der Waals surface area contributed by atoms with Gasteiger partial charge >= 0.3 is 5.66 Å². The standard InChI is InChI=1S/C9H15N3O4/c1-8(2)15-5-7(16-8)6-4-10-11-9(6,3)12(13)14/h6-7H,4-5H2,1-3H3/t6-,7+,9+/m0/s1. The molecule has 0 aliphatic carbocycles. The van der Waals surface area contributed by atoms with Crippen molar-refractivity contribution in [3.63, 3.8) is 0 Å². The van der Waals surface area contributed by atoms with Crippen molar-refractivity contribution in [3.8, 4) is 0 Å². The molecule has 0 radical (unpaired) electrons. The number of nitrogens with zero attached hydrogens (tertiary/aromatic N) is 3. The van der Waals surface area contributed by atoms with Gasteiger partial charge in [-0.05, 0) is 13.8 Å². The molecule has 90 valence electrons. The van der Waals surface area contributed by atoms with Crippen LogP contribution in [0.3, 0.4) is 0 Å². The predicted molar refractivity (Wildman–Crippen MR) is 53.5 cm³/mol. The zero-order valence-corrected chi connectivity index (χ0v) is 9.54. The summed E-state index contributed by atoms with van der Waals surface area (Å²) in [6.45, 7) is 5.73. The average molecular weight is 229 g/mol. The number of hydrogen-bond acceptors (Lipinski definition) is 6. The molecular weight excluding hydrogens is 214 g/mol. The Kier molecular flexibility index (Phi) is 2.47. The van der Waals surface area contributed by atoms with Gasteiger partial charge in [-0.25, -0.2) is 0 Å². The van der Waals surface area contributed by atoms with E-state index in [1.165, 1.54) is 6.92 Å². The smallest absolute Gasteiger partial charge is 0.333 e. The van der Waals surface area contributed by atoms with Gasteiger partial charge in [-0.3, -0.25) is 10.1 Å². The first kappa shape index (κ1) is 11.4. The molecule has 1 fully saturated rings. The number of ether oxygens (including phenoxy) is 2. The predicted octanol–water partition coefficient (Wildman–Crippen LogP) is 1.21. The Labute approximate surface area is 93.0 Å². The van der Waals surface area contributed by atoms with E-state index in [1.807, 2.05) is 0 Å². The highest BCUT2D eigenvalue weighted by Crippen LogP contribution is 2.37. The van der Waals surface area contributed by atoms with Crippen molar-refractivity contribution in [2.45, 2.75) is 38.3 Å². The summed E-state index contributed by atoms with van der Waals surface area (Å²) in [5, 5.41) is 18.5. The van der Waals surface area contributed by atoms with Crippen molar-refractivity contribution >= 4 is 0 Å². The minimum absolute atomic E-state index is 0.319. The van der Waals surface area contributed by atoms with Crippen molar-refractivity contribution in [2.75, 3.05) is 13.2 Å². The second kappa shape index (κ2) is 3.46. The van der Waals surface area contributed by atoms with E-state index in [2.05, 4.69) is 10.2 Å². The van der Waals surface area contributed by atoms with Crippen LogP contribution in [0.1, 0.15) is 20.8 Å². The fourth-order valence-corrected chi connectivity index (χ4v) is 2.07. The molecule has 1 saturated heterocycles. The molecule has 0 aromatic rings. The second-order valence-corrected chi connectivity index (χ2v) is 4.75. The van der Waals surface area contributed by atoms with Gasteiger partial charge < -0.3 is 9.47 Å². The molecule has 16 heavy (non-hydrogen) atoms. The molecular formula is C9H15N3O4. The molecule has 2 aliphatic heterocycles. The molecule has 0 amide bonds. The van der Waals surface area contributed by atoms with Crippen molar-refractivity contribution in [1.82, 2.24) is 0 Å². The third-order valence-corrected chi connectivity index (χ3v) is 3.10. The van der Waals surface area contributed by atoms with Crippen LogP contribution < -0.4 is 0 Å². The Bertz CT molecular complexity index is 344. The van der Waals surface area contributed by atoms with Crippen LogP contribution in [0.25, 0.3) is 0 Å². The first-order chi connectivity index (χ1) is 7.35. The monoisotopic (exact) mass is 229 g/mol. The van der Waals surface area contributed by atoms with E-state index in [9.17, 15) is 10.1 Å². The van der Waals surface area contributed by atoms with Crippen LogP contribution in [-0.4, -0.2) is 35.6 Å². The Balaban J connectivity index is 2.15. The van der Waals surface area contributed by atoms with Crippen LogP contribution in [0.4, 0.5) is 0 Å². The molecule has 7 heteroatoms. The summed E-state index contributed by atoms with van der Waals surface area (Å²) in [5.74, 6) is -1.03. The molecule has 0 unspecified atom stereocenters. The van der Waals surface area contributed by atoms with Crippen molar-refractivity contribution in [2.24, 2.45) is 16.1 Å². The Hall–Kier alpha value is -1.08. The summed E-state index contributed by atoms with van der Waals surface area (Å²) < 4.78 is 11.0. The Morgan fingerprint density at radius 2 is 2.12 bits per heavy atom. The highest BCUT2D eigenvalue weighted by atomic mass is 16.7. The summed E-state index contributed by atoms with van der Waals surface area (Å²) in [7, 11) is 0. The lowest BCUT2D eigenvalue weighted by atomic mass is 9.91. The molecule has 0 spiro atoms. The summed E-state index contributed by atoms with van der Waals surface area (Å²) in [6, 6.07) is 0. The molecule has 2 aliphatic rings. The fraction of sp³-hybridized carbons (Fsp3) is 1.00.